The number of nitrogens with zero attached hydrogens (tertiary/aromatic N) is 1. The third-order valence-corrected chi connectivity index (χ3v) is 1.94. The van der Waals surface area contributed by atoms with Gasteiger partial charge in [0.05, 0.1) is 6.07 Å². The van der Waals surface area contributed by atoms with Gasteiger partial charge in [0.2, 0.25) is 5.91 Å². The number of carbonyl (C=O) groups is 1. The molecule has 7 heteroatoms. The average Bonchev–Trinajstić information content (AvgIpc) is 2.12. The van der Waals surface area contributed by atoms with Crippen molar-refractivity contribution in [3.05, 3.63) is 0 Å². The molecule has 0 spiro atoms. The Balaban J connectivity index is 3.88. The largest absolute Gasteiger partial charge is 0.405 e. The molecule has 18 heavy (non-hydrogen) atoms. The van der Waals surface area contributed by atoms with Gasteiger partial charge < -0.3 is 10.6 Å². The lowest BCUT2D eigenvalue weighted by molar-refractivity contribution is -0.157. The minimum Gasteiger partial charge on any atom is -0.351 e. The van der Waals surface area contributed by atoms with Gasteiger partial charge in [0.25, 0.3) is 0 Å². The van der Waals surface area contributed by atoms with Crippen LogP contribution in [0.2, 0.25) is 0 Å². The molecule has 1 unspecified atom stereocenters. The molecule has 104 valence electrons. The molecule has 0 aliphatic rings. The van der Waals surface area contributed by atoms with Gasteiger partial charge >= 0.3 is 6.18 Å². The molecule has 1 atom stereocenters. The lowest BCUT2D eigenvalue weighted by Crippen LogP contribution is -2.42. The van der Waals surface area contributed by atoms with Crippen molar-refractivity contribution in [3.63, 3.8) is 0 Å². The predicted molar refractivity (Wildman–Crippen MR) is 60.5 cm³/mol. The van der Waals surface area contributed by atoms with Gasteiger partial charge in [-0.1, -0.05) is 0 Å². The number of nitriles is 1. The fraction of sp³-hybridized carbons (Fsp3) is 0.818. The summed E-state index contributed by atoms with van der Waals surface area (Å²) in [5.41, 5.74) is -0.363. The van der Waals surface area contributed by atoms with E-state index in [1.54, 1.807) is 0 Å². The minimum absolute atomic E-state index is 0.0767. The van der Waals surface area contributed by atoms with E-state index < -0.39 is 18.6 Å². The summed E-state index contributed by atoms with van der Waals surface area (Å²) in [6, 6.07) is 1.18. The topological polar surface area (TPSA) is 64.9 Å². The Bertz CT molecular complexity index is 315. The molecule has 0 fully saturated rings. The molecular weight excluding hydrogens is 247 g/mol. The second kappa shape index (κ2) is 6.59. The van der Waals surface area contributed by atoms with Crippen LogP contribution in [0.3, 0.4) is 0 Å². The number of hydrogen-bond acceptors (Lipinski definition) is 3. The number of amides is 1. The van der Waals surface area contributed by atoms with Gasteiger partial charge in [-0.2, -0.15) is 18.4 Å². The number of rotatable bonds is 5. The third-order valence-electron chi connectivity index (χ3n) is 1.94. The molecule has 2 N–H and O–H groups in total. The summed E-state index contributed by atoms with van der Waals surface area (Å²) in [4.78, 5) is 11.3. The van der Waals surface area contributed by atoms with Crippen LogP contribution in [0.1, 0.15) is 27.2 Å². The van der Waals surface area contributed by atoms with E-state index in [1.165, 1.54) is 6.07 Å². The number of carbonyl (C=O) groups excluding carboxylic acids is 1. The monoisotopic (exact) mass is 265 g/mol. The molecule has 0 saturated carbocycles. The van der Waals surface area contributed by atoms with Crippen LogP contribution >= 0.6 is 0 Å². The maximum Gasteiger partial charge on any atom is 0.405 e. The minimum atomic E-state index is -4.53. The lowest BCUT2D eigenvalue weighted by Gasteiger charge is -2.20. The highest BCUT2D eigenvalue weighted by Gasteiger charge is 2.39. The Morgan fingerprint density at radius 1 is 1.33 bits per heavy atom. The first-order valence-electron chi connectivity index (χ1n) is 5.54. The van der Waals surface area contributed by atoms with Gasteiger partial charge in [-0.15, -0.1) is 0 Å². The van der Waals surface area contributed by atoms with E-state index in [9.17, 15) is 18.0 Å². The number of nitrogens with one attached hydrogen (secondary N) is 2. The van der Waals surface area contributed by atoms with E-state index in [-0.39, 0.29) is 24.4 Å². The first kappa shape index (κ1) is 16.7. The standard InChI is InChI=1S/C11H18F3N3O/c1-10(2,3)17-9(18)4-5-16-7-8(6-15)11(12,13)14/h8,16H,4-5,7H2,1-3H3,(H,17,18). The van der Waals surface area contributed by atoms with Crippen LogP contribution in [-0.2, 0) is 4.79 Å². The van der Waals surface area contributed by atoms with Crippen LogP contribution < -0.4 is 10.6 Å². The Kier molecular flexibility index (Phi) is 6.12. The van der Waals surface area contributed by atoms with Crippen molar-refractivity contribution < 1.29 is 18.0 Å². The first-order valence-corrected chi connectivity index (χ1v) is 5.54. The van der Waals surface area contributed by atoms with E-state index in [2.05, 4.69) is 10.6 Å². The lowest BCUT2D eigenvalue weighted by atomic mass is 10.1. The summed E-state index contributed by atoms with van der Waals surface area (Å²) in [6.07, 6.45) is -4.46. The molecule has 4 nitrogen and oxygen atoms in total. The maximum atomic E-state index is 12.2. The fourth-order valence-corrected chi connectivity index (χ4v) is 1.16. The predicted octanol–water partition coefficient (Wildman–Crippen LogP) is 1.58. The molecule has 0 aliphatic heterocycles. The summed E-state index contributed by atoms with van der Waals surface area (Å²) in [5.74, 6) is -2.28. The van der Waals surface area contributed by atoms with Gasteiger partial charge in [-0.3, -0.25) is 4.79 Å². The molecular formula is C11H18F3N3O. The van der Waals surface area contributed by atoms with E-state index in [0.29, 0.717) is 0 Å². The first-order chi connectivity index (χ1) is 8.06. The van der Waals surface area contributed by atoms with Crippen LogP contribution in [0.5, 0.6) is 0 Å². The summed E-state index contributed by atoms with van der Waals surface area (Å²) >= 11 is 0. The summed E-state index contributed by atoms with van der Waals surface area (Å²) in [6.45, 7) is 5.05. The van der Waals surface area contributed by atoms with Gasteiger partial charge in [-0.25, -0.2) is 0 Å². The van der Waals surface area contributed by atoms with Crippen molar-refractivity contribution >= 4 is 5.91 Å². The zero-order valence-electron chi connectivity index (χ0n) is 10.7. The van der Waals surface area contributed by atoms with Crippen molar-refractivity contribution in [1.82, 2.24) is 10.6 Å². The van der Waals surface area contributed by atoms with Crippen molar-refractivity contribution in [2.45, 2.75) is 38.9 Å². The Morgan fingerprint density at radius 2 is 1.89 bits per heavy atom. The summed E-state index contributed by atoms with van der Waals surface area (Å²) < 4.78 is 36.6. The normalized spacial score (nSPS) is 13.8. The van der Waals surface area contributed by atoms with Crippen molar-refractivity contribution in [2.75, 3.05) is 13.1 Å². The van der Waals surface area contributed by atoms with Gasteiger partial charge in [0.15, 0.2) is 5.92 Å². The van der Waals surface area contributed by atoms with Crippen molar-refractivity contribution in [2.24, 2.45) is 5.92 Å². The van der Waals surface area contributed by atoms with E-state index >= 15 is 0 Å². The number of alkyl halides is 3. The third kappa shape index (κ3) is 7.90. The molecule has 0 bridgehead atoms. The molecule has 0 aromatic heterocycles. The van der Waals surface area contributed by atoms with Crippen LogP contribution in [0.25, 0.3) is 0 Å². The number of halogens is 3. The highest BCUT2D eigenvalue weighted by Crippen LogP contribution is 2.24. The van der Waals surface area contributed by atoms with Crippen molar-refractivity contribution in [3.8, 4) is 6.07 Å². The van der Waals surface area contributed by atoms with Crippen LogP contribution in [0.15, 0.2) is 0 Å². The summed E-state index contributed by atoms with van der Waals surface area (Å²) in [5, 5.41) is 13.5. The molecule has 0 aromatic rings. The second-order valence-corrected chi connectivity index (χ2v) is 4.98. The van der Waals surface area contributed by atoms with E-state index in [4.69, 9.17) is 5.26 Å². The van der Waals surface area contributed by atoms with Gasteiger partial charge in [0.1, 0.15) is 0 Å². The molecule has 0 aliphatic carbocycles. The van der Waals surface area contributed by atoms with Gasteiger partial charge in [0, 0.05) is 25.0 Å². The van der Waals surface area contributed by atoms with Crippen LogP contribution in [0.4, 0.5) is 13.2 Å². The molecule has 0 rings (SSSR count). The molecule has 0 heterocycles. The fourth-order valence-electron chi connectivity index (χ4n) is 1.16. The number of hydrogen-bond donors (Lipinski definition) is 2. The van der Waals surface area contributed by atoms with Gasteiger partial charge in [-0.05, 0) is 20.8 Å². The molecule has 0 saturated heterocycles. The Morgan fingerprint density at radius 3 is 2.28 bits per heavy atom. The molecule has 1 amide bonds. The smallest absolute Gasteiger partial charge is 0.351 e. The molecule has 0 aromatic carbocycles. The van der Waals surface area contributed by atoms with Crippen LogP contribution in [-0.4, -0.2) is 30.7 Å². The van der Waals surface area contributed by atoms with Crippen molar-refractivity contribution in [1.29, 1.82) is 5.26 Å². The highest BCUT2D eigenvalue weighted by molar-refractivity contribution is 5.76. The maximum absolute atomic E-state index is 12.2. The Labute approximate surface area is 105 Å². The average molecular weight is 265 g/mol. The zero-order valence-corrected chi connectivity index (χ0v) is 10.7. The van der Waals surface area contributed by atoms with E-state index in [0.717, 1.165) is 0 Å². The summed E-state index contributed by atoms with van der Waals surface area (Å²) in [7, 11) is 0. The Hall–Kier alpha value is -1.29. The SMILES string of the molecule is CC(C)(C)NC(=O)CCNCC(C#N)C(F)(F)F. The zero-order chi connectivity index (χ0) is 14.4. The second-order valence-electron chi connectivity index (χ2n) is 4.98. The van der Waals surface area contributed by atoms with E-state index in [1.807, 2.05) is 20.8 Å². The highest BCUT2D eigenvalue weighted by atomic mass is 19.4. The molecule has 0 radical (unpaired) electrons. The quantitative estimate of drug-likeness (QED) is 0.742. The van der Waals surface area contributed by atoms with Crippen LogP contribution in [0, 0.1) is 17.2 Å².